The third-order valence-corrected chi connectivity index (χ3v) is 5.41. The van der Waals surface area contributed by atoms with Crippen LogP contribution in [0.3, 0.4) is 0 Å². The van der Waals surface area contributed by atoms with Crippen LogP contribution < -0.4 is 34.7 Å². The van der Waals surface area contributed by atoms with Crippen molar-refractivity contribution >= 4 is 39.6 Å². The SMILES string of the molecule is CC1(C)S[C@@H]2[C@H](Br)C(=O)N2[C@H]1C(=O)[O-].[Na+]. The molecule has 0 aromatic rings. The topological polar surface area (TPSA) is 60.4 Å². The molecule has 0 aliphatic carbocycles. The number of hydrogen-bond acceptors (Lipinski definition) is 4. The number of halogens is 1. The fourth-order valence-corrected chi connectivity index (χ4v) is 4.30. The Balaban J connectivity index is 0.00000112. The largest absolute Gasteiger partial charge is 1.00 e. The Bertz CT molecular complexity index is 325. The molecule has 3 atom stereocenters. The maximum atomic E-state index is 11.4. The van der Waals surface area contributed by atoms with E-state index in [0.717, 1.165) is 0 Å². The summed E-state index contributed by atoms with van der Waals surface area (Å²) in [6.07, 6.45) is 0. The van der Waals surface area contributed by atoms with Crippen LogP contribution >= 0.6 is 27.7 Å². The third kappa shape index (κ3) is 1.88. The number of hydrogen-bond donors (Lipinski definition) is 0. The number of rotatable bonds is 1. The summed E-state index contributed by atoms with van der Waals surface area (Å²) in [5.41, 5.74) is 0. The minimum Gasteiger partial charge on any atom is -0.548 e. The number of carboxylic acid groups (broad SMARTS) is 1. The maximum absolute atomic E-state index is 11.4. The molecule has 4 nitrogen and oxygen atoms in total. The second-order valence-corrected chi connectivity index (χ2v) is 6.74. The molecule has 7 heteroatoms. The van der Waals surface area contributed by atoms with Crippen molar-refractivity contribution in [2.75, 3.05) is 0 Å². The summed E-state index contributed by atoms with van der Waals surface area (Å²) in [6, 6.07) is -0.807. The van der Waals surface area contributed by atoms with Crippen LogP contribution in [0.1, 0.15) is 13.8 Å². The van der Waals surface area contributed by atoms with Gasteiger partial charge in [0.2, 0.25) is 5.91 Å². The number of aliphatic carboxylic acids is 1. The van der Waals surface area contributed by atoms with E-state index < -0.39 is 16.8 Å². The van der Waals surface area contributed by atoms with Crippen LogP contribution in [0.4, 0.5) is 0 Å². The molecule has 2 heterocycles. The Kier molecular flexibility index (Phi) is 3.89. The van der Waals surface area contributed by atoms with Crippen molar-refractivity contribution in [1.29, 1.82) is 0 Å². The van der Waals surface area contributed by atoms with Crippen LogP contribution in [0.15, 0.2) is 0 Å². The number of amides is 1. The Morgan fingerprint density at radius 2 is 2.13 bits per heavy atom. The molecule has 0 bridgehead atoms. The van der Waals surface area contributed by atoms with Crippen LogP contribution in [0.25, 0.3) is 0 Å². The number of fused-ring (bicyclic) bond motifs is 1. The normalized spacial score (nSPS) is 36.6. The van der Waals surface area contributed by atoms with Gasteiger partial charge >= 0.3 is 29.6 Å². The van der Waals surface area contributed by atoms with E-state index in [1.165, 1.54) is 16.7 Å². The molecule has 2 saturated heterocycles. The zero-order valence-electron chi connectivity index (χ0n) is 8.69. The Hall–Kier alpha value is 0.770. The van der Waals surface area contributed by atoms with Crippen molar-refractivity contribution in [1.82, 2.24) is 4.90 Å². The molecule has 2 aliphatic heterocycles. The number of thioether (sulfide) groups is 1. The zero-order chi connectivity index (χ0) is 10.7. The van der Waals surface area contributed by atoms with Gasteiger partial charge in [0.25, 0.3) is 0 Å². The van der Waals surface area contributed by atoms with Gasteiger partial charge < -0.3 is 14.8 Å². The van der Waals surface area contributed by atoms with E-state index in [1.807, 2.05) is 13.8 Å². The van der Waals surface area contributed by atoms with Gasteiger partial charge in [0.15, 0.2) is 0 Å². The van der Waals surface area contributed by atoms with Crippen molar-refractivity contribution in [3.8, 4) is 0 Å². The number of carboxylic acids is 1. The molecule has 0 N–H and O–H groups in total. The number of alkyl halides is 1. The fourth-order valence-electron chi connectivity index (χ4n) is 1.95. The summed E-state index contributed by atoms with van der Waals surface area (Å²) < 4.78 is -0.471. The van der Waals surface area contributed by atoms with Gasteiger partial charge in [-0.15, -0.1) is 11.8 Å². The zero-order valence-corrected chi connectivity index (χ0v) is 13.1. The van der Waals surface area contributed by atoms with Gasteiger partial charge in [0, 0.05) is 4.75 Å². The number of nitrogens with zero attached hydrogens (tertiary/aromatic N) is 1. The first-order valence-corrected chi connectivity index (χ1v) is 6.01. The van der Waals surface area contributed by atoms with E-state index in [0.29, 0.717) is 0 Å². The van der Waals surface area contributed by atoms with Crippen LogP contribution in [0.5, 0.6) is 0 Å². The maximum Gasteiger partial charge on any atom is 1.00 e. The monoisotopic (exact) mass is 301 g/mol. The molecule has 2 rings (SSSR count). The second-order valence-electron chi connectivity index (χ2n) is 3.98. The van der Waals surface area contributed by atoms with Gasteiger partial charge in [-0.2, -0.15) is 0 Å². The van der Waals surface area contributed by atoms with Crippen LogP contribution in [0, 0.1) is 0 Å². The van der Waals surface area contributed by atoms with E-state index in [4.69, 9.17) is 0 Å². The summed E-state index contributed by atoms with van der Waals surface area (Å²) in [4.78, 5) is 23.5. The summed E-state index contributed by atoms with van der Waals surface area (Å²) in [7, 11) is 0. The quantitative estimate of drug-likeness (QED) is 0.287. The minimum atomic E-state index is -1.17. The third-order valence-electron chi connectivity index (χ3n) is 2.60. The Morgan fingerprint density at radius 3 is 2.60 bits per heavy atom. The van der Waals surface area contributed by atoms with Crippen LogP contribution in [-0.2, 0) is 9.59 Å². The van der Waals surface area contributed by atoms with Crippen molar-refractivity contribution in [3.05, 3.63) is 0 Å². The van der Waals surface area contributed by atoms with Crippen molar-refractivity contribution in [3.63, 3.8) is 0 Å². The minimum absolute atomic E-state index is 0. The predicted molar refractivity (Wildman–Crippen MR) is 53.8 cm³/mol. The number of carbonyl (C=O) groups excluding carboxylic acids is 2. The summed E-state index contributed by atoms with van der Waals surface area (Å²) >= 11 is 4.74. The van der Waals surface area contributed by atoms with Gasteiger partial charge in [0.05, 0.1) is 12.0 Å². The van der Waals surface area contributed by atoms with Crippen LogP contribution in [-0.4, -0.2) is 37.8 Å². The average Bonchev–Trinajstić information content (AvgIpc) is 2.34. The Labute approximate surface area is 123 Å². The Morgan fingerprint density at radius 1 is 1.60 bits per heavy atom. The van der Waals surface area contributed by atoms with Crippen molar-refractivity contribution in [2.24, 2.45) is 0 Å². The molecule has 0 radical (unpaired) electrons. The van der Waals surface area contributed by atoms with Gasteiger partial charge in [-0.1, -0.05) is 15.9 Å². The van der Waals surface area contributed by atoms with E-state index in [2.05, 4.69) is 15.9 Å². The molecule has 0 unspecified atom stereocenters. The first kappa shape index (κ1) is 13.8. The summed E-state index contributed by atoms with van der Waals surface area (Å²) in [6.45, 7) is 3.65. The average molecular weight is 302 g/mol. The molecule has 1 amide bonds. The van der Waals surface area contributed by atoms with Gasteiger partial charge in [0.1, 0.15) is 10.2 Å². The number of carbonyl (C=O) groups is 2. The summed E-state index contributed by atoms with van der Waals surface area (Å²) in [5.74, 6) is -1.32. The molecule has 0 saturated carbocycles. The molecule has 15 heavy (non-hydrogen) atoms. The van der Waals surface area contributed by atoms with Gasteiger partial charge in [-0.3, -0.25) is 4.79 Å². The van der Waals surface area contributed by atoms with E-state index >= 15 is 0 Å². The van der Waals surface area contributed by atoms with Gasteiger partial charge in [-0.25, -0.2) is 0 Å². The smallest absolute Gasteiger partial charge is 0.548 e. The molecule has 2 fully saturated rings. The molecular weight excluding hydrogens is 293 g/mol. The molecule has 2 aliphatic rings. The summed E-state index contributed by atoms with van der Waals surface area (Å²) in [5, 5.41) is 10.9. The van der Waals surface area contributed by atoms with Crippen molar-refractivity contribution in [2.45, 2.75) is 34.8 Å². The van der Waals surface area contributed by atoms with Gasteiger partial charge in [-0.05, 0) is 13.8 Å². The van der Waals surface area contributed by atoms with E-state index in [1.54, 1.807) is 0 Å². The standard InChI is InChI=1S/C8H10BrNO3S.Na/c1-8(2)4(7(12)13)10-5(11)3(9)6(10)14-8;/h3-4,6H,1-2H3,(H,12,13);/q;+1/p-1/t3-,4+,6-;/m1./s1. The second kappa shape index (κ2) is 4.22. The van der Waals surface area contributed by atoms with E-state index in [-0.39, 0.29) is 45.7 Å². The molecule has 78 valence electrons. The molecule has 0 spiro atoms. The molecular formula is C8H9BrNNaO3S. The van der Waals surface area contributed by atoms with Crippen LogP contribution in [0.2, 0.25) is 0 Å². The molecule has 0 aromatic heterocycles. The molecule has 0 aromatic carbocycles. The predicted octanol–water partition coefficient (Wildman–Crippen LogP) is -3.43. The first-order chi connectivity index (χ1) is 6.36. The fraction of sp³-hybridized carbons (Fsp3) is 0.750. The van der Waals surface area contributed by atoms with E-state index in [9.17, 15) is 14.7 Å². The first-order valence-electron chi connectivity index (χ1n) is 4.21. The number of β-lactam (4-membered cyclic amide) rings is 1. The van der Waals surface area contributed by atoms with Crippen molar-refractivity contribution < 1.29 is 44.3 Å².